The van der Waals surface area contributed by atoms with E-state index in [1.807, 2.05) is 60.7 Å². The number of ether oxygens (including phenoxy) is 2. The van der Waals surface area contributed by atoms with Crippen molar-refractivity contribution in [3.8, 4) is 16.9 Å². The Kier molecular flexibility index (Phi) is 6.54. The van der Waals surface area contributed by atoms with Crippen LogP contribution in [0.5, 0.6) is 5.75 Å². The molecule has 0 aromatic heterocycles. The molecule has 3 nitrogen and oxygen atoms in total. The van der Waals surface area contributed by atoms with E-state index < -0.39 is 5.38 Å². The standard InChI is InChI=1S/C27H23ClO3/c1-30-27(29)17-25(28)21-13-11-20(12-14-21)22-15-16-26(24-10-6-5-9-23(22)24)31-18-19-7-3-2-4-8-19/h2-16,25H,17-18H2,1H3/t25-/m0/s1. The molecule has 1 atom stereocenters. The molecule has 0 aliphatic carbocycles. The van der Waals surface area contributed by atoms with Crippen molar-refractivity contribution >= 4 is 28.3 Å². The average molecular weight is 431 g/mol. The number of alkyl halides is 1. The van der Waals surface area contributed by atoms with E-state index in [9.17, 15) is 4.79 Å². The molecule has 0 heterocycles. The van der Waals surface area contributed by atoms with Crippen molar-refractivity contribution in [2.24, 2.45) is 0 Å². The van der Waals surface area contributed by atoms with Crippen LogP contribution in [0.1, 0.15) is 22.9 Å². The molecule has 4 aromatic carbocycles. The molecule has 0 saturated carbocycles. The number of esters is 1. The normalized spacial score (nSPS) is 11.8. The third-order valence-corrected chi connectivity index (χ3v) is 5.68. The number of carbonyl (C=O) groups is 1. The number of hydrogen-bond donors (Lipinski definition) is 0. The molecule has 4 rings (SSSR count). The maximum absolute atomic E-state index is 11.5. The molecule has 0 amide bonds. The van der Waals surface area contributed by atoms with E-state index in [-0.39, 0.29) is 12.4 Å². The molecule has 31 heavy (non-hydrogen) atoms. The number of halogens is 1. The zero-order valence-corrected chi connectivity index (χ0v) is 18.0. The quantitative estimate of drug-likeness (QED) is 0.235. The van der Waals surface area contributed by atoms with Gasteiger partial charge in [0.05, 0.1) is 18.9 Å². The third-order valence-electron chi connectivity index (χ3n) is 5.28. The zero-order valence-electron chi connectivity index (χ0n) is 17.3. The van der Waals surface area contributed by atoms with Crippen molar-refractivity contribution in [2.75, 3.05) is 7.11 Å². The van der Waals surface area contributed by atoms with Gasteiger partial charge in [-0.1, -0.05) is 84.9 Å². The first kappa shape index (κ1) is 21.0. The number of carbonyl (C=O) groups excluding carboxylic acids is 1. The smallest absolute Gasteiger partial charge is 0.307 e. The van der Waals surface area contributed by atoms with E-state index in [1.54, 1.807) is 0 Å². The topological polar surface area (TPSA) is 35.5 Å². The molecule has 0 aliphatic heterocycles. The minimum Gasteiger partial charge on any atom is -0.488 e. The Labute approximate surface area is 187 Å². The highest BCUT2D eigenvalue weighted by Crippen LogP contribution is 2.36. The Balaban J connectivity index is 1.60. The van der Waals surface area contributed by atoms with Crippen LogP contribution in [-0.2, 0) is 16.1 Å². The van der Waals surface area contributed by atoms with Crippen molar-refractivity contribution in [2.45, 2.75) is 18.4 Å². The second-order valence-corrected chi connectivity index (χ2v) is 7.83. The molecule has 0 N–H and O–H groups in total. The lowest BCUT2D eigenvalue weighted by Crippen LogP contribution is -2.04. The van der Waals surface area contributed by atoms with Gasteiger partial charge in [-0.2, -0.15) is 0 Å². The summed E-state index contributed by atoms with van der Waals surface area (Å²) in [4.78, 5) is 11.5. The summed E-state index contributed by atoms with van der Waals surface area (Å²) in [7, 11) is 1.37. The summed E-state index contributed by atoms with van der Waals surface area (Å²) in [5, 5.41) is 1.78. The first-order chi connectivity index (χ1) is 15.2. The van der Waals surface area contributed by atoms with Gasteiger partial charge in [0.25, 0.3) is 0 Å². The molecule has 0 bridgehead atoms. The summed E-state index contributed by atoms with van der Waals surface area (Å²) in [6.45, 7) is 0.524. The summed E-state index contributed by atoms with van der Waals surface area (Å²) in [6, 6.07) is 30.5. The summed E-state index contributed by atoms with van der Waals surface area (Å²) >= 11 is 6.36. The van der Waals surface area contributed by atoms with E-state index in [0.29, 0.717) is 6.61 Å². The zero-order chi connectivity index (χ0) is 21.6. The van der Waals surface area contributed by atoms with Crippen LogP contribution in [0.4, 0.5) is 0 Å². The highest BCUT2D eigenvalue weighted by atomic mass is 35.5. The van der Waals surface area contributed by atoms with Gasteiger partial charge in [-0.15, -0.1) is 11.6 Å². The monoisotopic (exact) mass is 430 g/mol. The lowest BCUT2D eigenvalue weighted by molar-refractivity contribution is -0.140. The summed E-state index contributed by atoms with van der Waals surface area (Å²) < 4.78 is 10.8. The summed E-state index contributed by atoms with van der Waals surface area (Å²) in [5.41, 5.74) is 4.22. The molecule has 0 aliphatic rings. The van der Waals surface area contributed by atoms with E-state index in [0.717, 1.165) is 38.8 Å². The van der Waals surface area contributed by atoms with Crippen LogP contribution in [0.3, 0.4) is 0 Å². The maximum Gasteiger partial charge on any atom is 0.307 e. The number of hydrogen-bond acceptors (Lipinski definition) is 3. The average Bonchev–Trinajstić information content (AvgIpc) is 2.83. The Morgan fingerprint density at radius 3 is 2.23 bits per heavy atom. The number of methoxy groups -OCH3 is 1. The fourth-order valence-corrected chi connectivity index (χ4v) is 3.87. The second-order valence-electron chi connectivity index (χ2n) is 7.30. The van der Waals surface area contributed by atoms with Crippen LogP contribution < -0.4 is 4.74 Å². The van der Waals surface area contributed by atoms with Crippen molar-refractivity contribution in [3.05, 3.63) is 102 Å². The molecule has 156 valence electrons. The molecule has 4 aromatic rings. The summed E-state index contributed by atoms with van der Waals surface area (Å²) in [5.74, 6) is 0.542. The van der Waals surface area contributed by atoms with Crippen LogP contribution >= 0.6 is 11.6 Å². The van der Waals surface area contributed by atoms with Gasteiger partial charge < -0.3 is 9.47 Å². The largest absolute Gasteiger partial charge is 0.488 e. The van der Waals surface area contributed by atoms with Gasteiger partial charge in [0, 0.05) is 5.39 Å². The minimum atomic E-state index is -0.410. The molecular weight excluding hydrogens is 408 g/mol. The Morgan fingerprint density at radius 1 is 0.839 bits per heavy atom. The van der Waals surface area contributed by atoms with Crippen LogP contribution in [0.15, 0.2) is 91.0 Å². The molecule has 0 spiro atoms. The van der Waals surface area contributed by atoms with Crippen LogP contribution in [0, 0.1) is 0 Å². The SMILES string of the molecule is COC(=O)C[C@H](Cl)c1ccc(-c2ccc(OCc3ccccc3)c3ccccc23)cc1. The maximum atomic E-state index is 11.5. The van der Waals surface area contributed by atoms with Crippen molar-refractivity contribution in [1.29, 1.82) is 0 Å². The van der Waals surface area contributed by atoms with E-state index in [2.05, 4.69) is 30.3 Å². The lowest BCUT2D eigenvalue weighted by Gasteiger charge is -2.14. The fourth-order valence-electron chi connectivity index (χ4n) is 3.60. The molecular formula is C27H23ClO3. The highest BCUT2D eigenvalue weighted by Gasteiger charge is 2.14. The van der Waals surface area contributed by atoms with Crippen molar-refractivity contribution < 1.29 is 14.3 Å². The first-order valence-corrected chi connectivity index (χ1v) is 10.6. The number of fused-ring (bicyclic) bond motifs is 1. The molecule has 0 saturated heterocycles. The fraction of sp³-hybridized carbons (Fsp3) is 0.148. The van der Waals surface area contributed by atoms with E-state index in [1.165, 1.54) is 7.11 Å². The lowest BCUT2D eigenvalue weighted by atomic mass is 9.96. The predicted octanol–water partition coefficient (Wildman–Crippen LogP) is 6.93. The van der Waals surface area contributed by atoms with Crippen LogP contribution in [-0.4, -0.2) is 13.1 Å². The second kappa shape index (κ2) is 9.67. The van der Waals surface area contributed by atoms with E-state index in [4.69, 9.17) is 21.1 Å². The van der Waals surface area contributed by atoms with Gasteiger partial charge in [-0.25, -0.2) is 0 Å². The van der Waals surface area contributed by atoms with Gasteiger partial charge in [0.1, 0.15) is 12.4 Å². The Bertz CT molecular complexity index is 1170. The van der Waals surface area contributed by atoms with Gasteiger partial charge in [-0.05, 0) is 33.7 Å². The van der Waals surface area contributed by atoms with Crippen molar-refractivity contribution in [1.82, 2.24) is 0 Å². The van der Waals surface area contributed by atoms with Crippen LogP contribution in [0.2, 0.25) is 0 Å². The highest BCUT2D eigenvalue weighted by molar-refractivity contribution is 6.21. The predicted molar refractivity (Wildman–Crippen MR) is 125 cm³/mol. The molecule has 0 radical (unpaired) electrons. The van der Waals surface area contributed by atoms with Gasteiger partial charge in [-0.3, -0.25) is 4.79 Å². The number of benzene rings is 4. The van der Waals surface area contributed by atoms with E-state index >= 15 is 0 Å². The molecule has 0 unspecified atom stereocenters. The third kappa shape index (κ3) is 4.89. The first-order valence-electron chi connectivity index (χ1n) is 10.2. The van der Waals surface area contributed by atoms with Gasteiger partial charge in [0.15, 0.2) is 0 Å². The van der Waals surface area contributed by atoms with Crippen LogP contribution in [0.25, 0.3) is 21.9 Å². The van der Waals surface area contributed by atoms with Gasteiger partial charge >= 0.3 is 5.97 Å². The molecule has 4 heteroatoms. The number of rotatable bonds is 7. The minimum absolute atomic E-state index is 0.147. The van der Waals surface area contributed by atoms with Crippen molar-refractivity contribution in [3.63, 3.8) is 0 Å². The molecule has 0 fully saturated rings. The van der Waals surface area contributed by atoms with Gasteiger partial charge in [0.2, 0.25) is 0 Å². The Morgan fingerprint density at radius 2 is 1.52 bits per heavy atom. The summed E-state index contributed by atoms with van der Waals surface area (Å²) in [6.07, 6.45) is 0.147. The Hall–Kier alpha value is -3.30.